The maximum atomic E-state index is 5.58. The van der Waals surface area contributed by atoms with Gasteiger partial charge in [0.25, 0.3) is 0 Å². The Hall–Kier alpha value is -0.643. The molecule has 0 bridgehead atoms. The van der Waals surface area contributed by atoms with E-state index < -0.39 is 8.32 Å². The maximum absolute atomic E-state index is 5.58. The predicted octanol–water partition coefficient (Wildman–Crippen LogP) is 3.19. The van der Waals surface area contributed by atoms with Crippen LogP contribution in [0.25, 0.3) is 0 Å². The van der Waals surface area contributed by atoms with Gasteiger partial charge in [-0.25, -0.2) is 0 Å². The highest BCUT2D eigenvalue weighted by atomic mass is 28.4. The topological polar surface area (TPSA) is 21.3 Å². The number of rotatable bonds is 6. The summed E-state index contributed by atoms with van der Waals surface area (Å²) < 4.78 is 5.58. The molecule has 2 nitrogen and oxygen atoms in total. The normalized spacial score (nSPS) is 13.8. The van der Waals surface area contributed by atoms with Crippen molar-refractivity contribution in [1.29, 1.82) is 0 Å². The maximum Gasteiger partial charge on any atom is 0.186 e. The van der Waals surface area contributed by atoms with Gasteiger partial charge in [-0.1, -0.05) is 30.3 Å². The average Bonchev–Trinajstić information content (AvgIpc) is 2.31. The molecule has 0 aromatic heterocycles. The van der Waals surface area contributed by atoms with E-state index in [4.69, 9.17) is 4.43 Å². The second-order valence-corrected chi connectivity index (χ2v) is 9.18. The molecule has 1 atom stereocenters. The third-order valence-electron chi connectivity index (χ3n) is 3.14. The molecule has 0 heterocycles. The van der Waals surface area contributed by atoms with Gasteiger partial charge >= 0.3 is 0 Å². The van der Waals surface area contributed by atoms with E-state index in [0.717, 1.165) is 6.42 Å². The van der Waals surface area contributed by atoms with Gasteiger partial charge in [0.1, 0.15) is 0 Å². The minimum Gasteiger partial charge on any atom is -0.420 e. The van der Waals surface area contributed by atoms with Crippen LogP contribution in [0.4, 0.5) is 0 Å². The van der Waals surface area contributed by atoms with Crippen LogP contribution in [0, 0.1) is 0 Å². The largest absolute Gasteiger partial charge is 0.420 e. The number of hydrogen-bond donors (Lipinski definition) is 1. The number of hydrogen-bond acceptors (Lipinski definition) is 2. The highest BCUT2D eigenvalue weighted by molar-refractivity contribution is 6.71. The van der Waals surface area contributed by atoms with Crippen LogP contribution in [-0.2, 0) is 4.43 Å². The Balaban J connectivity index is 2.57. The SMILES string of the molecule is CNC(CC[Si](C)(C)OC)c1ccccc1. The van der Waals surface area contributed by atoms with Crippen molar-refractivity contribution in [3.63, 3.8) is 0 Å². The van der Waals surface area contributed by atoms with E-state index in [9.17, 15) is 0 Å². The molecule has 1 aromatic carbocycles. The average molecular weight is 237 g/mol. The molecule has 1 aromatic rings. The minimum atomic E-state index is -1.43. The monoisotopic (exact) mass is 237 g/mol. The molecular weight excluding hydrogens is 214 g/mol. The first kappa shape index (κ1) is 13.4. The molecule has 0 saturated carbocycles. The van der Waals surface area contributed by atoms with Crippen molar-refractivity contribution in [3.05, 3.63) is 35.9 Å². The molecule has 1 N–H and O–H groups in total. The van der Waals surface area contributed by atoms with Gasteiger partial charge in [-0.15, -0.1) is 0 Å². The third-order valence-corrected chi connectivity index (χ3v) is 5.74. The Morgan fingerprint density at radius 2 is 1.88 bits per heavy atom. The van der Waals surface area contributed by atoms with E-state index in [2.05, 4.69) is 48.7 Å². The van der Waals surface area contributed by atoms with Crippen LogP contribution in [0.2, 0.25) is 19.1 Å². The van der Waals surface area contributed by atoms with Crippen molar-refractivity contribution >= 4 is 8.32 Å². The van der Waals surface area contributed by atoms with Crippen LogP contribution < -0.4 is 5.32 Å². The number of benzene rings is 1. The lowest BCUT2D eigenvalue weighted by molar-refractivity contribution is 0.397. The molecule has 16 heavy (non-hydrogen) atoms. The second kappa shape index (κ2) is 6.18. The molecule has 0 spiro atoms. The van der Waals surface area contributed by atoms with Crippen molar-refractivity contribution in [2.75, 3.05) is 14.2 Å². The van der Waals surface area contributed by atoms with Crippen molar-refractivity contribution in [3.8, 4) is 0 Å². The summed E-state index contributed by atoms with van der Waals surface area (Å²) in [6.07, 6.45) is 1.15. The lowest BCUT2D eigenvalue weighted by atomic mass is 10.1. The molecular formula is C13H23NOSi. The van der Waals surface area contributed by atoms with Crippen LogP contribution in [0.1, 0.15) is 18.0 Å². The highest BCUT2D eigenvalue weighted by Gasteiger charge is 2.22. The summed E-state index contributed by atoms with van der Waals surface area (Å²) in [4.78, 5) is 0. The Bertz CT molecular complexity index is 300. The quantitative estimate of drug-likeness (QED) is 0.767. The summed E-state index contributed by atoms with van der Waals surface area (Å²) in [5, 5.41) is 3.38. The van der Waals surface area contributed by atoms with Crippen molar-refractivity contribution in [2.24, 2.45) is 0 Å². The molecule has 0 radical (unpaired) electrons. The van der Waals surface area contributed by atoms with Crippen LogP contribution in [0.15, 0.2) is 30.3 Å². The summed E-state index contributed by atoms with van der Waals surface area (Å²) in [5.41, 5.74) is 1.37. The van der Waals surface area contributed by atoms with Crippen molar-refractivity contribution in [2.45, 2.75) is 31.6 Å². The third kappa shape index (κ3) is 4.08. The lowest BCUT2D eigenvalue weighted by Crippen LogP contribution is -2.30. The summed E-state index contributed by atoms with van der Waals surface area (Å²) in [6.45, 7) is 4.54. The zero-order valence-corrected chi connectivity index (χ0v) is 11.8. The van der Waals surface area contributed by atoms with Crippen LogP contribution in [0.3, 0.4) is 0 Å². The molecule has 0 aliphatic carbocycles. The first-order chi connectivity index (χ1) is 7.59. The second-order valence-electron chi connectivity index (χ2n) is 4.75. The summed E-state index contributed by atoms with van der Waals surface area (Å²) in [7, 11) is 2.43. The first-order valence-corrected chi connectivity index (χ1v) is 8.98. The van der Waals surface area contributed by atoms with Gasteiger partial charge < -0.3 is 9.74 Å². The van der Waals surface area contributed by atoms with Gasteiger partial charge in [-0.3, -0.25) is 0 Å². The van der Waals surface area contributed by atoms with Crippen LogP contribution in [0.5, 0.6) is 0 Å². The molecule has 3 heteroatoms. The van der Waals surface area contributed by atoms with E-state index in [-0.39, 0.29) is 0 Å². The molecule has 0 fully saturated rings. The van der Waals surface area contributed by atoms with Gasteiger partial charge in [0.15, 0.2) is 8.32 Å². The first-order valence-electron chi connectivity index (χ1n) is 5.86. The smallest absolute Gasteiger partial charge is 0.186 e. The van der Waals surface area contributed by atoms with Gasteiger partial charge in [-0.05, 0) is 38.2 Å². The Labute approximate surface area is 100 Å². The predicted molar refractivity (Wildman–Crippen MR) is 72.2 cm³/mol. The van der Waals surface area contributed by atoms with Crippen LogP contribution in [-0.4, -0.2) is 22.5 Å². The Morgan fingerprint density at radius 1 is 1.25 bits per heavy atom. The molecule has 1 rings (SSSR count). The molecule has 0 aliphatic rings. The van der Waals surface area contributed by atoms with Crippen molar-refractivity contribution in [1.82, 2.24) is 5.32 Å². The van der Waals surface area contributed by atoms with Gasteiger partial charge in [0.2, 0.25) is 0 Å². The summed E-state index contributed by atoms with van der Waals surface area (Å²) in [5.74, 6) is 0. The zero-order chi connectivity index (χ0) is 12.0. The standard InChI is InChI=1S/C13H23NOSi/c1-14-13(10-11-16(3,4)15-2)12-8-6-5-7-9-12/h5-9,13-14H,10-11H2,1-4H3. The van der Waals surface area contributed by atoms with Crippen LogP contribution >= 0.6 is 0 Å². The molecule has 0 amide bonds. The Morgan fingerprint density at radius 3 is 2.38 bits per heavy atom. The highest BCUT2D eigenvalue weighted by Crippen LogP contribution is 2.22. The van der Waals surface area contributed by atoms with Gasteiger partial charge in [0, 0.05) is 13.2 Å². The van der Waals surface area contributed by atoms with E-state index in [1.807, 2.05) is 14.2 Å². The molecule has 0 saturated heterocycles. The molecule has 1 unspecified atom stereocenters. The van der Waals surface area contributed by atoms with E-state index >= 15 is 0 Å². The van der Waals surface area contributed by atoms with Crippen molar-refractivity contribution < 1.29 is 4.43 Å². The Kier molecular flexibility index (Phi) is 5.18. The van der Waals surface area contributed by atoms with Gasteiger partial charge in [-0.2, -0.15) is 0 Å². The van der Waals surface area contributed by atoms with E-state index in [1.165, 1.54) is 11.6 Å². The molecule has 0 aliphatic heterocycles. The number of nitrogens with one attached hydrogen (secondary N) is 1. The van der Waals surface area contributed by atoms with E-state index in [1.54, 1.807) is 0 Å². The fourth-order valence-electron chi connectivity index (χ4n) is 1.76. The minimum absolute atomic E-state index is 0.447. The fraction of sp³-hybridized carbons (Fsp3) is 0.538. The fourth-order valence-corrected chi connectivity index (χ4v) is 2.95. The van der Waals surface area contributed by atoms with E-state index in [0.29, 0.717) is 6.04 Å². The lowest BCUT2D eigenvalue weighted by Gasteiger charge is -2.23. The molecule has 90 valence electrons. The summed E-state index contributed by atoms with van der Waals surface area (Å²) in [6, 6.07) is 12.2. The summed E-state index contributed by atoms with van der Waals surface area (Å²) >= 11 is 0. The zero-order valence-electron chi connectivity index (χ0n) is 10.8. The van der Waals surface area contributed by atoms with Gasteiger partial charge in [0.05, 0.1) is 0 Å².